The summed E-state index contributed by atoms with van der Waals surface area (Å²) < 4.78 is 19.3. The van der Waals surface area contributed by atoms with Crippen molar-refractivity contribution in [1.29, 1.82) is 10.5 Å². The third kappa shape index (κ3) is 9.07. The summed E-state index contributed by atoms with van der Waals surface area (Å²) >= 11 is 7.30. The van der Waals surface area contributed by atoms with Crippen LogP contribution in [0.4, 0.5) is 0 Å². The summed E-state index contributed by atoms with van der Waals surface area (Å²) in [5.74, 6) is 0. The van der Waals surface area contributed by atoms with E-state index in [4.69, 9.17) is 0 Å². The molecule has 114 heavy (non-hydrogen) atoms. The molecule has 0 aliphatic carbocycles. The molecular weight excluding hydrogens is 1460 g/mol. The molecule has 25 rings (SSSR count). The highest BCUT2D eigenvalue weighted by molar-refractivity contribution is 7.27. The second-order valence-corrected chi connectivity index (χ2v) is 34.3. The summed E-state index contributed by atoms with van der Waals surface area (Å²) in [4.78, 5) is 0. The predicted molar refractivity (Wildman–Crippen MR) is 487 cm³/mol. The van der Waals surface area contributed by atoms with Gasteiger partial charge in [0.05, 0.1) is 66.9 Å². The summed E-state index contributed by atoms with van der Waals surface area (Å²) in [6.07, 6.45) is 0. The number of benzene rings is 17. The van der Waals surface area contributed by atoms with Crippen molar-refractivity contribution in [1.82, 2.24) is 18.3 Å². The number of aromatic nitrogens is 4. The van der Waals surface area contributed by atoms with Crippen LogP contribution in [0.5, 0.6) is 0 Å². The van der Waals surface area contributed by atoms with Gasteiger partial charge in [0, 0.05) is 124 Å². The second-order valence-electron chi connectivity index (χ2n) is 29.9. The highest BCUT2D eigenvalue weighted by atomic mass is 32.1. The Morgan fingerprint density at radius 2 is 0.342 bits per heavy atom. The predicted octanol–water partition coefficient (Wildman–Crippen LogP) is 30.0. The molecule has 8 heterocycles. The third-order valence-corrected chi connectivity index (χ3v) is 28.7. The first-order chi connectivity index (χ1) is 56.4. The highest BCUT2D eigenvalue weighted by Gasteiger charge is 2.35. The molecule has 0 spiro atoms. The normalized spacial score (nSPS) is 12.2. The van der Waals surface area contributed by atoms with Crippen molar-refractivity contribution in [2.45, 2.75) is 0 Å². The van der Waals surface area contributed by atoms with E-state index in [9.17, 15) is 10.5 Å². The van der Waals surface area contributed by atoms with Gasteiger partial charge >= 0.3 is 0 Å². The van der Waals surface area contributed by atoms with E-state index in [0.717, 1.165) is 132 Å². The fraction of sp³-hybridized carbons (Fsp3) is 0. The van der Waals surface area contributed by atoms with Crippen molar-refractivity contribution in [3.8, 4) is 79.4 Å². The van der Waals surface area contributed by atoms with Gasteiger partial charge in [-0.15, -0.1) is 45.3 Å². The number of hydrogen-bond donors (Lipinski definition) is 0. The molecule has 0 saturated heterocycles. The molecule has 0 amide bonds. The number of fused-ring (bicyclic) bond motifs is 24. The first-order valence-electron chi connectivity index (χ1n) is 38.3. The Hall–Kier alpha value is -14.2. The SMILES string of the molecule is N#Cc1c(-n2c3ccccc3c3cc(-c4ccc5sc6ccccc6c5c4)ccc32)c(-n2c3ccccc3c3cc(-c4ccc5sc6ccccc6c5c4)ccc32)c(C#N)c(-n2c3ccccc3c3cc(-c4ccc5sc6ccccc6c5c4)ccc32)c1-n1c2ccccc2c2cc(-c3ccc4sc5ccccc5c4c3)ccc21. The summed E-state index contributed by atoms with van der Waals surface area (Å²) in [6, 6.07) is 130. The second kappa shape index (κ2) is 24.2. The lowest BCUT2D eigenvalue weighted by Crippen LogP contribution is -2.16. The third-order valence-electron chi connectivity index (χ3n) is 24.0. The van der Waals surface area contributed by atoms with Crippen LogP contribution >= 0.6 is 45.3 Å². The Morgan fingerprint density at radius 1 is 0.167 bits per heavy atom. The minimum absolute atomic E-state index is 0.389. The molecule has 8 aromatic heterocycles. The van der Waals surface area contributed by atoms with Gasteiger partial charge in [-0.3, -0.25) is 0 Å². The smallest absolute Gasteiger partial charge is 0.104 e. The largest absolute Gasteiger partial charge is 0.306 e. The van der Waals surface area contributed by atoms with E-state index in [-0.39, 0.29) is 0 Å². The van der Waals surface area contributed by atoms with Crippen molar-refractivity contribution < 1.29 is 0 Å². The minimum atomic E-state index is 0.389. The molecule has 0 saturated carbocycles. The number of hydrogen-bond acceptors (Lipinski definition) is 6. The van der Waals surface area contributed by atoms with Crippen molar-refractivity contribution in [3.05, 3.63) is 351 Å². The van der Waals surface area contributed by atoms with Crippen LogP contribution in [0.2, 0.25) is 0 Å². The highest BCUT2D eigenvalue weighted by Crippen LogP contribution is 2.52. The van der Waals surface area contributed by atoms with Gasteiger partial charge in [0.1, 0.15) is 23.3 Å². The first kappa shape index (κ1) is 63.6. The molecular formula is C104H56N6S4. The molecule has 0 N–H and O–H groups in total. The Morgan fingerprint density at radius 3 is 0.570 bits per heavy atom. The average Bonchev–Trinajstić information content (AvgIpc) is 1.48. The lowest BCUT2D eigenvalue weighted by atomic mass is 9.98. The fourth-order valence-electron chi connectivity index (χ4n) is 19.0. The van der Waals surface area contributed by atoms with E-state index in [1.807, 2.05) is 45.3 Å². The van der Waals surface area contributed by atoms with Gasteiger partial charge in [-0.25, -0.2) is 0 Å². The monoisotopic (exact) mass is 1520 g/mol. The van der Waals surface area contributed by atoms with E-state index in [1.165, 1.54) is 80.7 Å². The van der Waals surface area contributed by atoms with E-state index in [0.29, 0.717) is 33.9 Å². The van der Waals surface area contributed by atoms with Gasteiger partial charge in [0.15, 0.2) is 0 Å². The number of nitrogens with zero attached hydrogens (tertiary/aromatic N) is 6. The maximum atomic E-state index is 13.5. The van der Waals surface area contributed by atoms with Gasteiger partial charge in [0.2, 0.25) is 0 Å². The fourth-order valence-corrected chi connectivity index (χ4v) is 23.3. The Kier molecular flexibility index (Phi) is 13.5. The molecule has 0 aliphatic rings. The Labute approximate surface area is 667 Å². The van der Waals surface area contributed by atoms with Crippen LogP contribution in [0.3, 0.4) is 0 Å². The zero-order valence-electron chi connectivity index (χ0n) is 60.6. The molecule has 10 heteroatoms. The van der Waals surface area contributed by atoms with Crippen molar-refractivity contribution in [3.63, 3.8) is 0 Å². The maximum Gasteiger partial charge on any atom is 0.104 e. The van der Waals surface area contributed by atoms with Crippen molar-refractivity contribution in [2.24, 2.45) is 0 Å². The van der Waals surface area contributed by atoms with Gasteiger partial charge in [0.25, 0.3) is 0 Å². The number of rotatable bonds is 8. The van der Waals surface area contributed by atoms with Gasteiger partial charge in [-0.1, -0.05) is 194 Å². The molecule has 17 aromatic carbocycles. The quantitative estimate of drug-likeness (QED) is 0.152. The number of para-hydroxylation sites is 4. The maximum absolute atomic E-state index is 13.5. The zero-order valence-corrected chi connectivity index (χ0v) is 63.9. The van der Waals surface area contributed by atoms with Gasteiger partial charge in [-0.05, 0) is 190 Å². The molecule has 25 aromatic rings. The van der Waals surface area contributed by atoms with E-state index in [1.54, 1.807) is 0 Å². The molecule has 0 bridgehead atoms. The standard InChI is InChI=1S/C104H56N6S4/c105-57-83-101(107-85-25-9-1-17-67(85)75-49-59(33-41-89(75)107)63-37-45-97-79(53-63)71-21-5-13-29-93(71)111-97)102(108-86-26-10-2-18-68(86)76-50-60(34-42-90(76)108)64-38-46-98-80(54-64)72-22-6-14-30-94(72)112-98)84(58-106)104(110-88-28-12-4-20-70(88)78-52-62(36-44-92(78)110)66-40-48-100-82(56-66)74-24-8-16-32-96(74)114-100)103(83)109-87-27-11-3-19-69(87)77-51-61(35-43-91(77)109)65-39-47-99-81(55-65)73-23-7-15-31-95(73)113-99/h1-56H. The topological polar surface area (TPSA) is 67.3 Å². The van der Waals surface area contributed by atoms with Crippen LogP contribution in [0.15, 0.2) is 340 Å². The molecule has 0 radical (unpaired) electrons. The Bertz CT molecular complexity index is 7690. The molecule has 0 unspecified atom stereocenters. The number of nitriles is 2. The lowest BCUT2D eigenvalue weighted by Gasteiger charge is -2.27. The molecule has 526 valence electrons. The number of thiophene rings is 4. The molecule has 0 aliphatic heterocycles. The van der Waals surface area contributed by atoms with Crippen LogP contribution in [0.25, 0.3) is 235 Å². The van der Waals surface area contributed by atoms with E-state index in [2.05, 4.69) is 370 Å². The van der Waals surface area contributed by atoms with Crippen LogP contribution in [0.1, 0.15) is 11.1 Å². The minimum Gasteiger partial charge on any atom is -0.306 e. The van der Waals surface area contributed by atoms with Crippen molar-refractivity contribution in [2.75, 3.05) is 0 Å². The summed E-state index contributed by atoms with van der Waals surface area (Å²) in [5.41, 5.74) is 19.0. The van der Waals surface area contributed by atoms with E-state index < -0.39 is 0 Å². The van der Waals surface area contributed by atoms with Gasteiger partial charge < -0.3 is 18.3 Å². The summed E-state index contributed by atoms with van der Waals surface area (Å²) in [6.45, 7) is 0. The van der Waals surface area contributed by atoms with Crippen LogP contribution in [-0.2, 0) is 0 Å². The first-order valence-corrected chi connectivity index (χ1v) is 41.6. The Balaban J connectivity index is 0.827. The van der Waals surface area contributed by atoms with E-state index >= 15 is 0 Å². The lowest BCUT2D eigenvalue weighted by molar-refractivity contribution is 1.02. The van der Waals surface area contributed by atoms with Gasteiger partial charge in [-0.2, -0.15) is 10.5 Å². The average molecular weight is 1520 g/mol. The summed E-state index contributed by atoms with van der Waals surface area (Å²) in [7, 11) is 0. The summed E-state index contributed by atoms with van der Waals surface area (Å²) in [5, 5.41) is 45.1. The molecule has 0 atom stereocenters. The van der Waals surface area contributed by atoms with Crippen molar-refractivity contribution >= 4 is 213 Å². The van der Waals surface area contributed by atoms with Crippen LogP contribution in [0, 0.1) is 22.7 Å². The molecule has 6 nitrogen and oxygen atoms in total. The zero-order chi connectivity index (χ0) is 74.7. The van der Waals surface area contributed by atoms with Crippen LogP contribution in [-0.4, -0.2) is 18.3 Å². The van der Waals surface area contributed by atoms with Crippen LogP contribution < -0.4 is 0 Å². The molecule has 0 fully saturated rings.